The standard InChI is InChI=1S/C28H25IN2O3/c1-14-12-18(10-11-22(14)29)31-15(2)13-21(17(31)4)24-23(28(33)34-5)16(3)30-26-19-8-6-7-9-20(19)27(32)25(24)26/h6-13,24,30H,1-5H3/t24-/m0/s1. The van der Waals surface area contributed by atoms with Gasteiger partial charge < -0.3 is 14.6 Å². The second-order valence-corrected chi connectivity index (χ2v) is 10.0. The summed E-state index contributed by atoms with van der Waals surface area (Å²) in [5.41, 5.74) is 9.32. The monoisotopic (exact) mass is 564 g/mol. The molecule has 2 aliphatic rings. The van der Waals surface area contributed by atoms with E-state index in [1.807, 2.05) is 31.2 Å². The number of allylic oxidation sites excluding steroid dienone is 2. The van der Waals surface area contributed by atoms with E-state index in [1.165, 1.54) is 16.2 Å². The number of ether oxygens (including phenoxy) is 1. The maximum atomic E-state index is 13.7. The summed E-state index contributed by atoms with van der Waals surface area (Å²) in [4.78, 5) is 26.7. The summed E-state index contributed by atoms with van der Waals surface area (Å²) < 4.78 is 8.58. The molecule has 0 bridgehead atoms. The summed E-state index contributed by atoms with van der Waals surface area (Å²) in [5, 5.41) is 3.35. The molecule has 0 saturated heterocycles. The van der Waals surface area contributed by atoms with E-state index in [1.54, 1.807) is 0 Å². The van der Waals surface area contributed by atoms with Crippen LogP contribution in [0.25, 0.3) is 11.4 Å². The zero-order valence-electron chi connectivity index (χ0n) is 19.7. The van der Waals surface area contributed by atoms with Crippen LogP contribution in [-0.4, -0.2) is 23.4 Å². The fourth-order valence-corrected chi connectivity index (χ4v) is 5.60. The van der Waals surface area contributed by atoms with E-state index >= 15 is 0 Å². The minimum Gasteiger partial charge on any atom is -0.466 e. The number of aryl methyl sites for hydroxylation is 2. The van der Waals surface area contributed by atoms with E-state index in [0.717, 1.165) is 33.9 Å². The number of aromatic nitrogens is 1. The number of nitrogens with zero attached hydrogens (tertiary/aromatic N) is 1. The number of hydrogen-bond donors (Lipinski definition) is 1. The molecule has 2 heterocycles. The molecule has 0 spiro atoms. The third-order valence-corrected chi connectivity index (χ3v) is 8.05. The van der Waals surface area contributed by atoms with Crippen LogP contribution in [0, 0.1) is 24.3 Å². The highest BCUT2D eigenvalue weighted by molar-refractivity contribution is 14.1. The highest BCUT2D eigenvalue weighted by atomic mass is 127. The van der Waals surface area contributed by atoms with E-state index in [9.17, 15) is 9.59 Å². The van der Waals surface area contributed by atoms with Crippen molar-refractivity contribution >= 4 is 40.0 Å². The maximum absolute atomic E-state index is 13.7. The summed E-state index contributed by atoms with van der Waals surface area (Å²) >= 11 is 2.34. The Morgan fingerprint density at radius 3 is 2.41 bits per heavy atom. The highest BCUT2D eigenvalue weighted by Crippen LogP contribution is 2.48. The fourth-order valence-electron chi connectivity index (χ4n) is 5.27. The molecule has 0 amide bonds. The van der Waals surface area contributed by atoms with E-state index < -0.39 is 11.9 Å². The lowest BCUT2D eigenvalue weighted by atomic mass is 9.79. The first kappa shape index (κ1) is 22.7. The van der Waals surface area contributed by atoms with Gasteiger partial charge in [0.25, 0.3) is 0 Å². The van der Waals surface area contributed by atoms with Gasteiger partial charge in [0, 0.05) is 43.0 Å². The van der Waals surface area contributed by atoms with Crippen molar-refractivity contribution < 1.29 is 14.3 Å². The first-order valence-electron chi connectivity index (χ1n) is 11.1. The van der Waals surface area contributed by atoms with Gasteiger partial charge >= 0.3 is 5.97 Å². The van der Waals surface area contributed by atoms with Crippen LogP contribution in [0.4, 0.5) is 0 Å². The molecule has 1 N–H and O–H groups in total. The van der Waals surface area contributed by atoms with E-state index in [0.29, 0.717) is 22.4 Å². The number of nitrogens with one attached hydrogen (secondary N) is 1. The largest absolute Gasteiger partial charge is 0.466 e. The number of hydrogen-bond acceptors (Lipinski definition) is 4. The summed E-state index contributed by atoms with van der Waals surface area (Å²) in [7, 11) is 1.38. The van der Waals surface area contributed by atoms with Crippen molar-refractivity contribution in [1.29, 1.82) is 0 Å². The van der Waals surface area contributed by atoms with Crippen LogP contribution in [0.1, 0.15) is 51.3 Å². The number of carbonyl (C=O) groups is 2. The Labute approximate surface area is 212 Å². The second kappa shape index (κ2) is 8.27. The minimum atomic E-state index is -0.520. The molecule has 0 fully saturated rings. The third kappa shape index (κ3) is 3.27. The van der Waals surface area contributed by atoms with Crippen LogP contribution in [0.2, 0.25) is 0 Å². The molecule has 34 heavy (non-hydrogen) atoms. The lowest BCUT2D eigenvalue weighted by Crippen LogP contribution is -2.29. The maximum Gasteiger partial charge on any atom is 0.336 e. The first-order valence-corrected chi connectivity index (χ1v) is 12.2. The lowest BCUT2D eigenvalue weighted by Gasteiger charge is -2.29. The third-order valence-electron chi connectivity index (χ3n) is 6.84. The number of rotatable bonds is 3. The van der Waals surface area contributed by atoms with Gasteiger partial charge in [0.2, 0.25) is 0 Å². The Hall–Kier alpha value is -3.13. The molecule has 2 aromatic carbocycles. The Morgan fingerprint density at radius 1 is 1.03 bits per heavy atom. The van der Waals surface area contributed by atoms with Crippen molar-refractivity contribution in [3.05, 3.63) is 103 Å². The topological polar surface area (TPSA) is 60.3 Å². The number of ketones is 1. The molecule has 1 aromatic heterocycles. The van der Waals surface area contributed by atoms with E-state index in [2.05, 4.69) is 77.5 Å². The number of dihydropyridines is 1. The zero-order chi connectivity index (χ0) is 24.3. The molecule has 172 valence electrons. The number of benzene rings is 2. The number of Topliss-reactive ketones (excluding diaryl/α,β-unsaturated/α-hetero) is 1. The van der Waals surface area contributed by atoms with Crippen LogP contribution in [0.3, 0.4) is 0 Å². The molecular formula is C28H25IN2O3. The summed E-state index contributed by atoms with van der Waals surface area (Å²) in [5.74, 6) is -0.999. The van der Waals surface area contributed by atoms with E-state index in [-0.39, 0.29) is 5.78 Å². The summed E-state index contributed by atoms with van der Waals surface area (Å²) in [6.07, 6.45) is 0. The normalized spacial score (nSPS) is 17.0. The van der Waals surface area contributed by atoms with Gasteiger partial charge in [-0.2, -0.15) is 0 Å². The van der Waals surface area contributed by atoms with Crippen molar-refractivity contribution in [3.63, 3.8) is 0 Å². The van der Waals surface area contributed by atoms with Crippen molar-refractivity contribution in [2.75, 3.05) is 7.11 Å². The Bertz CT molecular complexity index is 1460. The Balaban J connectivity index is 1.75. The van der Waals surface area contributed by atoms with Gasteiger partial charge in [0.1, 0.15) is 0 Å². The van der Waals surface area contributed by atoms with Crippen LogP contribution in [0.5, 0.6) is 0 Å². The van der Waals surface area contributed by atoms with Gasteiger partial charge in [-0.1, -0.05) is 24.3 Å². The molecular weight excluding hydrogens is 539 g/mol. The average Bonchev–Trinajstić information content (AvgIpc) is 3.27. The van der Waals surface area contributed by atoms with Crippen LogP contribution in [-0.2, 0) is 9.53 Å². The lowest BCUT2D eigenvalue weighted by molar-refractivity contribution is -0.136. The number of esters is 1. The molecule has 1 aliphatic heterocycles. The number of carbonyl (C=O) groups excluding carboxylic acids is 2. The molecule has 5 nitrogen and oxygen atoms in total. The SMILES string of the molecule is COC(=O)C1=C(C)NC2=C(C(=O)c3ccccc32)[C@H]1c1cc(C)n(-c2ccc(I)c(C)c2)c1C. The molecule has 0 saturated carbocycles. The molecule has 6 heteroatoms. The van der Waals surface area contributed by atoms with Crippen LogP contribution < -0.4 is 5.32 Å². The molecule has 0 unspecified atom stereocenters. The first-order chi connectivity index (χ1) is 16.2. The molecule has 0 radical (unpaired) electrons. The minimum absolute atomic E-state index is 0.0492. The predicted octanol–water partition coefficient (Wildman–Crippen LogP) is 5.75. The molecule has 5 rings (SSSR count). The number of methoxy groups -OCH3 is 1. The molecule has 1 aliphatic carbocycles. The summed E-state index contributed by atoms with van der Waals surface area (Å²) in [6.45, 7) is 8.07. The van der Waals surface area contributed by atoms with Gasteiger partial charge in [0.15, 0.2) is 5.78 Å². The predicted molar refractivity (Wildman–Crippen MR) is 141 cm³/mol. The highest BCUT2D eigenvalue weighted by Gasteiger charge is 2.43. The van der Waals surface area contributed by atoms with Crippen molar-refractivity contribution in [1.82, 2.24) is 9.88 Å². The van der Waals surface area contributed by atoms with Gasteiger partial charge in [-0.05, 0) is 85.7 Å². The van der Waals surface area contributed by atoms with Crippen LogP contribution in [0.15, 0.2) is 65.4 Å². The number of halogens is 1. The van der Waals surface area contributed by atoms with Gasteiger partial charge in [-0.15, -0.1) is 0 Å². The van der Waals surface area contributed by atoms with Crippen LogP contribution >= 0.6 is 22.6 Å². The average molecular weight is 564 g/mol. The van der Waals surface area contributed by atoms with Crippen molar-refractivity contribution in [3.8, 4) is 5.69 Å². The second-order valence-electron chi connectivity index (χ2n) is 8.85. The van der Waals surface area contributed by atoms with Crippen molar-refractivity contribution in [2.45, 2.75) is 33.6 Å². The van der Waals surface area contributed by atoms with Gasteiger partial charge in [-0.3, -0.25) is 4.79 Å². The number of fused-ring (bicyclic) bond motifs is 2. The smallest absolute Gasteiger partial charge is 0.336 e. The molecule has 1 atom stereocenters. The quantitative estimate of drug-likeness (QED) is 0.325. The van der Waals surface area contributed by atoms with E-state index in [4.69, 9.17) is 4.74 Å². The summed E-state index contributed by atoms with van der Waals surface area (Å²) in [6, 6.07) is 16.1. The molecule has 3 aromatic rings. The van der Waals surface area contributed by atoms with Gasteiger partial charge in [-0.25, -0.2) is 4.79 Å². The Kier molecular flexibility index (Phi) is 5.51. The Morgan fingerprint density at radius 2 is 1.74 bits per heavy atom. The van der Waals surface area contributed by atoms with Gasteiger partial charge in [0.05, 0.1) is 24.3 Å². The van der Waals surface area contributed by atoms with Crippen molar-refractivity contribution in [2.24, 2.45) is 0 Å². The fraction of sp³-hybridized carbons (Fsp3) is 0.214. The zero-order valence-corrected chi connectivity index (χ0v) is 21.9.